The molecule has 42 heavy (non-hydrogen) atoms. The maximum absolute atomic E-state index is 14.1. The van der Waals surface area contributed by atoms with Gasteiger partial charge in [-0.3, -0.25) is 13.9 Å². The SMILES string of the molecule is COc1ccc(S(=O)(=O)N(CC(=O)N(Cc2ccccc2)[C@H](C)C(=O)NC2CCCCC2)c2ccccc2OC)cc1. The van der Waals surface area contributed by atoms with Crippen LogP contribution in [0, 0.1) is 0 Å². The van der Waals surface area contributed by atoms with Gasteiger partial charge in [0.25, 0.3) is 10.0 Å². The fourth-order valence-corrected chi connectivity index (χ4v) is 6.58. The molecule has 9 nitrogen and oxygen atoms in total. The van der Waals surface area contributed by atoms with E-state index < -0.39 is 28.5 Å². The fourth-order valence-electron chi connectivity index (χ4n) is 5.16. The molecule has 4 rings (SSSR count). The van der Waals surface area contributed by atoms with E-state index in [1.54, 1.807) is 43.3 Å². The molecule has 0 saturated heterocycles. The van der Waals surface area contributed by atoms with Crippen molar-refractivity contribution < 1.29 is 27.5 Å². The molecule has 224 valence electrons. The maximum atomic E-state index is 14.1. The third-order valence-electron chi connectivity index (χ3n) is 7.59. The van der Waals surface area contributed by atoms with E-state index in [0.29, 0.717) is 11.5 Å². The molecule has 1 aliphatic rings. The fraction of sp³-hybridized carbons (Fsp3) is 0.375. The summed E-state index contributed by atoms with van der Waals surface area (Å²) in [7, 11) is -1.29. The number of hydrogen-bond donors (Lipinski definition) is 1. The first-order chi connectivity index (χ1) is 20.2. The Labute approximate surface area is 248 Å². The van der Waals surface area contributed by atoms with Crippen LogP contribution < -0.4 is 19.1 Å². The number of methoxy groups -OCH3 is 2. The summed E-state index contributed by atoms with van der Waals surface area (Å²) >= 11 is 0. The van der Waals surface area contributed by atoms with Crippen molar-refractivity contribution in [2.45, 2.75) is 62.6 Å². The Balaban J connectivity index is 1.69. The number of anilines is 1. The summed E-state index contributed by atoms with van der Waals surface area (Å²) in [5.41, 5.74) is 1.04. The second-order valence-corrected chi connectivity index (χ2v) is 12.2. The summed E-state index contributed by atoms with van der Waals surface area (Å²) in [6, 6.07) is 21.2. The zero-order valence-corrected chi connectivity index (χ0v) is 25.2. The molecule has 0 radical (unpaired) electrons. The molecule has 0 heterocycles. The second kappa shape index (κ2) is 14.2. The number of nitrogens with one attached hydrogen (secondary N) is 1. The van der Waals surface area contributed by atoms with E-state index in [9.17, 15) is 18.0 Å². The van der Waals surface area contributed by atoms with Crippen LogP contribution in [-0.4, -0.2) is 58.0 Å². The van der Waals surface area contributed by atoms with Gasteiger partial charge >= 0.3 is 0 Å². The lowest BCUT2D eigenvalue weighted by molar-refractivity contribution is -0.139. The van der Waals surface area contributed by atoms with Crippen molar-refractivity contribution in [1.29, 1.82) is 0 Å². The van der Waals surface area contributed by atoms with Crippen molar-refractivity contribution in [2.24, 2.45) is 0 Å². The standard InChI is InChI=1S/C32H39N3O6S/c1-24(32(37)33-26-14-8-5-9-15-26)34(22-25-12-6-4-7-13-25)31(36)23-35(29-16-10-11-17-30(29)41-3)42(38,39)28-20-18-27(40-2)19-21-28/h4,6-7,10-13,16-21,24,26H,5,8-9,14-15,22-23H2,1-3H3,(H,33,37)/t24-/m1/s1. The summed E-state index contributed by atoms with van der Waals surface area (Å²) in [6.45, 7) is 1.29. The first-order valence-electron chi connectivity index (χ1n) is 14.2. The topological polar surface area (TPSA) is 105 Å². The Bertz CT molecular complexity index is 1440. The highest BCUT2D eigenvalue weighted by molar-refractivity contribution is 7.92. The van der Waals surface area contributed by atoms with Crippen molar-refractivity contribution in [1.82, 2.24) is 10.2 Å². The van der Waals surface area contributed by atoms with E-state index in [1.165, 1.54) is 31.3 Å². The minimum Gasteiger partial charge on any atom is -0.497 e. The molecular weight excluding hydrogens is 554 g/mol. The van der Waals surface area contributed by atoms with Gasteiger partial charge in [0.15, 0.2) is 0 Å². The van der Waals surface area contributed by atoms with Crippen LogP contribution in [0.3, 0.4) is 0 Å². The highest BCUT2D eigenvalue weighted by Crippen LogP contribution is 2.33. The van der Waals surface area contributed by atoms with Gasteiger partial charge in [-0.05, 0) is 61.7 Å². The van der Waals surface area contributed by atoms with Gasteiger partial charge in [0.2, 0.25) is 11.8 Å². The number of carbonyl (C=O) groups excluding carboxylic acids is 2. The van der Waals surface area contributed by atoms with Gasteiger partial charge in [-0.25, -0.2) is 8.42 Å². The third kappa shape index (κ3) is 7.42. The number of nitrogens with zero attached hydrogens (tertiary/aromatic N) is 2. The monoisotopic (exact) mass is 593 g/mol. The molecule has 0 aromatic heterocycles. The van der Waals surface area contributed by atoms with Crippen molar-refractivity contribution >= 4 is 27.5 Å². The highest BCUT2D eigenvalue weighted by Gasteiger charge is 2.34. The van der Waals surface area contributed by atoms with Gasteiger partial charge < -0.3 is 19.7 Å². The lowest BCUT2D eigenvalue weighted by atomic mass is 9.95. The Morgan fingerprint density at radius 1 is 0.881 bits per heavy atom. The normalized spacial score (nSPS) is 14.5. The van der Waals surface area contributed by atoms with Crippen LogP contribution in [-0.2, 0) is 26.2 Å². The molecule has 0 aliphatic heterocycles. The molecule has 1 fully saturated rings. The predicted molar refractivity (Wildman–Crippen MR) is 162 cm³/mol. The molecule has 3 aromatic rings. The van der Waals surface area contributed by atoms with Crippen LogP contribution in [0.5, 0.6) is 11.5 Å². The summed E-state index contributed by atoms with van der Waals surface area (Å²) in [5, 5.41) is 3.11. The molecule has 2 amide bonds. The molecule has 0 unspecified atom stereocenters. The largest absolute Gasteiger partial charge is 0.497 e. The zero-order chi connectivity index (χ0) is 30.1. The van der Waals surface area contributed by atoms with Gasteiger partial charge in [0, 0.05) is 12.6 Å². The molecule has 1 N–H and O–H groups in total. The minimum absolute atomic E-state index is 0.0142. The molecule has 1 atom stereocenters. The number of hydrogen-bond acceptors (Lipinski definition) is 6. The molecule has 0 bridgehead atoms. The Morgan fingerprint density at radius 3 is 2.17 bits per heavy atom. The van der Waals surface area contributed by atoms with Gasteiger partial charge in [-0.1, -0.05) is 61.7 Å². The average Bonchev–Trinajstić information content (AvgIpc) is 3.03. The highest BCUT2D eigenvalue weighted by atomic mass is 32.2. The van der Waals surface area contributed by atoms with E-state index >= 15 is 0 Å². The predicted octanol–water partition coefficient (Wildman–Crippen LogP) is 4.77. The number of sulfonamides is 1. The van der Waals surface area contributed by atoms with Crippen molar-refractivity contribution in [3.05, 3.63) is 84.4 Å². The zero-order valence-electron chi connectivity index (χ0n) is 24.4. The van der Waals surface area contributed by atoms with Crippen molar-refractivity contribution in [3.63, 3.8) is 0 Å². The quantitative estimate of drug-likeness (QED) is 0.325. The first-order valence-corrected chi connectivity index (χ1v) is 15.6. The van der Waals surface area contributed by atoms with Crippen LogP contribution in [0.25, 0.3) is 0 Å². The van der Waals surface area contributed by atoms with Gasteiger partial charge in [0.05, 0.1) is 24.8 Å². The average molecular weight is 594 g/mol. The number of ether oxygens (including phenoxy) is 2. The van der Waals surface area contributed by atoms with Crippen molar-refractivity contribution in [2.75, 3.05) is 25.1 Å². The lowest BCUT2D eigenvalue weighted by Crippen LogP contribution is -2.53. The van der Waals surface area contributed by atoms with Gasteiger partial charge in [-0.2, -0.15) is 0 Å². The number of benzene rings is 3. The number of carbonyl (C=O) groups is 2. The molecule has 1 aliphatic carbocycles. The van der Waals surface area contributed by atoms with Crippen LogP contribution in [0.4, 0.5) is 5.69 Å². The van der Waals surface area contributed by atoms with Crippen molar-refractivity contribution in [3.8, 4) is 11.5 Å². The number of para-hydroxylation sites is 2. The Kier molecular flexibility index (Phi) is 10.5. The summed E-state index contributed by atoms with van der Waals surface area (Å²) in [6.07, 6.45) is 5.09. The molecule has 1 saturated carbocycles. The lowest BCUT2D eigenvalue weighted by Gasteiger charge is -2.33. The summed E-state index contributed by atoms with van der Waals surface area (Å²) in [4.78, 5) is 29.0. The molecule has 10 heteroatoms. The van der Waals surface area contributed by atoms with Gasteiger partial charge in [0.1, 0.15) is 24.1 Å². The molecule has 0 spiro atoms. The number of rotatable bonds is 12. The first kappa shape index (κ1) is 30.9. The number of amides is 2. The Hall–Kier alpha value is -4.05. The smallest absolute Gasteiger partial charge is 0.264 e. The van der Waals surface area contributed by atoms with Crippen LogP contribution >= 0.6 is 0 Å². The minimum atomic E-state index is -4.23. The molecular formula is C32H39N3O6S. The summed E-state index contributed by atoms with van der Waals surface area (Å²) < 4.78 is 39.8. The third-order valence-corrected chi connectivity index (χ3v) is 9.37. The van der Waals surface area contributed by atoms with E-state index in [-0.39, 0.29) is 29.1 Å². The van der Waals surface area contributed by atoms with E-state index in [4.69, 9.17) is 9.47 Å². The second-order valence-electron chi connectivity index (χ2n) is 10.4. The maximum Gasteiger partial charge on any atom is 0.264 e. The van der Waals surface area contributed by atoms with E-state index in [1.807, 2.05) is 30.3 Å². The van der Waals surface area contributed by atoms with Crippen LogP contribution in [0.15, 0.2) is 83.8 Å². The van der Waals surface area contributed by atoms with Gasteiger partial charge in [-0.15, -0.1) is 0 Å². The van der Waals surface area contributed by atoms with Crippen LogP contribution in [0.1, 0.15) is 44.6 Å². The van der Waals surface area contributed by atoms with E-state index in [2.05, 4.69) is 5.32 Å². The Morgan fingerprint density at radius 2 is 1.52 bits per heavy atom. The van der Waals surface area contributed by atoms with Crippen LogP contribution in [0.2, 0.25) is 0 Å². The summed E-state index contributed by atoms with van der Waals surface area (Å²) in [5.74, 6) is 0.0157. The molecule has 3 aromatic carbocycles. The van der Waals surface area contributed by atoms with E-state index in [0.717, 1.165) is 42.0 Å².